The summed E-state index contributed by atoms with van der Waals surface area (Å²) >= 11 is 0. The summed E-state index contributed by atoms with van der Waals surface area (Å²) in [6, 6.07) is -1.26. The Bertz CT molecular complexity index is 3440. The minimum absolute atomic E-state index is 0.0424. The molecule has 0 bridgehead atoms. The average molecular weight is 2000 g/mol. The van der Waals surface area contributed by atoms with Gasteiger partial charge in [0.2, 0.25) is 23.6 Å². The minimum atomic E-state index is -1.67. The summed E-state index contributed by atoms with van der Waals surface area (Å²) in [6.07, 6.45) is -16.7. The molecule has 4 aliphatic heterocycles. The maximum Gasteiger partial charge on any atom is 0.251 e. The van der Waals surface area contributed by atoms with Crippen molar-refractivity contribution in [1.29, 1.82) is 0 Å². The third kappa shape index (κ3) is 39.8. The van der Waals surface area contributed by atoms with Crippen LogP contribution in [-0.2, 0) is 128 Å². The van der Waals surface area contributed by atoms with Gasteiger partial charge < -0.3 is 177 Å². The van der Waals surface area contributed by atoms with Gasteiger partial charge in [-0.2, -0.15) is 0 Å². The molecule has 0 aromatic rings. The lowest BCUT2D eigenvalue weighted by molar-refractivity contribution is -0.343. The Labute approximate surface area is 818 Å². The first kappa shape index (κ1) is 120. The minimum Gasteiger partial charge on any atom is -0.394 e. The number of hydrogen-bond acceptors (Lipinski definition) is 37. The van der Waals surface area contributed by atoms with E-state index in [1.54, 1.807) is 42.0 Å². The number of carbonyl (C=O) groups is 7. The van der Waals surface area contributed by atoms with Crippen LogP contribution in [0.4, 0.5) is 0 Å². The molecule has 1 unspecified atom stereocenters. The number of rotatable bonds is 65. The Balaban J connectivity index is 0.596. The van der Waals surface area contributed by atoms with Crippen LogP contribution in [0.15, 0.2) is 0 Å². The molecule has 0 aromatic heterocycles. The molecule has 806 valence electrons. The highest BCUT2D eigenvalue weighted by Gasteiger charge is 2.56. The molecule has 4 saturated carbocycles. The first-order valence-corrected chi connectivity index (χ1v) is 50.9. The van der Waals surface area contributed by atoms with Crippen molar-refractivity contribution in [1.82, 2.24) is 31.1 Å². The van der Waals surface area contributed by atoms with Crippen LogP contribution in [0.2, 0.25) is 0 Å². The number of ketones is 1. The van der Waals surface area contributed by atoms with Crippen LogP contribution in [-0.4, -0.2) is 449 Å². The Hall–Kier alpha value is -4.71. The molecule has 43 heteroatoms. The zero-order chi connectivity index (χ0) is 101. The molecule has 4 aliphatic carbocycles. The number of hydrogen-bond donors (Lipinski definition) is 14. The molecule has 43 nitrogen and oxygen atoms in total. The topological polar surface area (TPSA) is 561 Å². The second-order valence-electron chi connectivity index (χ2n) is 38.4. The number of aliphatic hydroxyl groups is 10. The molecular weight excluding hydrogens is 1830 g/mol. The molecule has 30 atom stereocenters. The third-order valence-electron chi connectivity index (χ3n) is 27.5. The van der Waals surface area contributed by atoms with Gasteiger partial charge in [0.1, 0.15) is 91.2 Å². The van der Waals surface area contributed by atoms with Gasteiger partial charge >= 0.3 is 0 Å². The van der Waals surface area contributed by atoms with E-state index >= 15 is 0 Å². The maximum absolute atomic E-state index is 14.2. The van der Waals surface area contributed by atoms with Crippen LogP contribution in [0.25, 0.3) is 0 Å². The highest BCUT2D eigenvalue weighted by atomic mass is 16.8. The normalized spacial score (nSPS) is 32.6. The predicted octanol–water partition coefficient (Wildman–Crippen LogP) is -0.380. The molecule has 4 heterocycles. The van der Waals surface area contributed by atoms with E-state index in [9.17, 15) is 84.6 Å². The molecule has 8 fully saturated rings. The van der Waals surface area contributed by atoms with E-state index < -0.39 is 196 Å². The maximum atomic E-state index is 14.2. The molecule has 139 heavy (non-hydrogen) atoms. The molecule has 14 N–H and O–H groups in total. The van der Waals surface area contributed by atoms with Crippen molar-refractivity contribution >= 4 is 41.2 Å². The number of nitrogens with zero attached hydrogens (tertiary/aromatic N) is 2. The molecule has 6 amide bonds. The van der Waals surface area contributed by atoms with Crippen LogP contribution in [0, 0.1) is 41.4 Å². The summed E-state index contributed by atoms with van der Waals surface area (Å²) in [6.45, 7) is 15.7. The summed E-state index contributed by atoms with van der Waals surface area (Å²) in [4.78, 5) is 97.2. The lowest BCUT2D eigenvalue weighted by Crippen LogP contribution is -2.67. The Kier molecular flexibility index (Phi) is 56.0. The largest absolute Gasteiger partial charge is 0.394 e. The fraction of sp³-hybridized carbons (Fsp3) is 0.927. The van der Waals surface area contributed by atoms with Crippen molar-refractivity contribution in [3.8, 4) is 0 Å². The monoisotopic (exact) mass is 2000 g/mol. The van der Waals surface area contributed by atoms with E-state index in [0.29, 0.717) is 151 Å². The SMILES string of the molecule is CC[C@H]1CC(C(=O)NCCNC(=O)CCOCCOCCOCCOCCOCCOCCOCCOCCOCCOCCC(=O)NCCCC(=O)[C@@H]2C[C@H](CC)[C@@H](O[C@@H]3O[C@@H](C)[C@@H](O)[C@@H](O)[C@@H]3O)[C@H](O[C@@H]3O[C@H](CO)[C@H](O)[C@H](O[C@@H](CC4CCCCC4)C(=O)N(C)C)[C@H]3NC(C)=O)C2)C[C@@H](O[C@@H]2O[C@H](CO)[C@H](O)[C@H](O[C@@H](CC3CCCCC3)C(=O)N(C)C)[C@H]2C)[C@@H]1O[C@@H]1O[C@@H](C)[C@@H](O)[C@@H](O)[C@@H]1O. The molecule has 0 radical (unpaired) electrons. The third-order valence-corrected chi connectivity index (χ3v) is 27.5. The quantitative estimate of drug-likeness (QED) is 0.0345. The van der Waals surface area contributed by atoms with E-state index in [1.807, 2.05) is 13.8 Å². The van der Waals surface area contributed by atoms with Crippen LogP contribution < -0.4 is 21.3 Å². The molecule has 8 rings (SSSR count). The predicted molar refractivity (Wildman–Crippen MR) is 495 cm³/mol. The standard InChI is InChI=1S/C96H170N6O37/c1-11-64-52-66(54-69(87(64)138-95-84(115)82(113)78(109)59(4)130-95)135-94-77(100-61(6)105)89(81(112)74(57-104)137-94)133-72(92(119)102(9)10)51-63-22-17-14-18-23-63)68(106)24-19-27-97-75(107)25-30-120-32-34-122-36-38-124-40-42-126-44-46-128-48-49-129-47-45-127-43-41-125-39-37-123-35-33-121-31-26-76(108)98-28-29-99-90(117)67-53-65(12-2)88(139-96-85(116)83(114)79(110)60(5)131-96)70(55-67)134-93-58(3)86(80(111)73(56-103)136-93)132-71(91(118)101(7)8)50-62-20-15-13-16-21-62/h58-60,62-67,69-74,77-89,93-96,103-104,109-116H,11-57H2,1-10H3,(H,97,107)(H,98,108)(H,99,117)(H,100,105)/t58-,59+,60+,64+,65+,66-,67?,69-,70-,71+,72+,73-,74-,77-,78-,79-,80+,81+,82-,83-,84+,85+,86-,87-,88-,89-,93-,94-,95+,96+/m1/s1. The van der Waals surface area contributed by atoms with Crippen LogP contribution >= 0.6 is 0 Å². The fourth-order valence-electron chi connectivity index (χ4n) is 19.4. The molecule has 8 aliphatic rings. The first-order chi connectivity index (χ1) is 66.9. The zero-order valence-corrected chi connectivity index (χ0v) is 83.6. The first-order valence-electron chi connectivity index (χ1n) is 50.9. The number of aliphatic hydroxyl groups excluding tert-OH is 10. The summed E-state index contributed by atoms with van der Waals surface area (Å²) < 4.78 is 120. The smallest absolute Gasteiger partial charge is 0.251 e. The van der Waals surface area contributed by atoms with E-state index in [4.69, 9.17) is 94.7 Å². The Morgan fingerprint density at radius 3 is 1.14 bits per heavy atom. The summed E-state index contributed by atoms with van der Waals surface area (Å²) in [5, 5.41) is 121. The number of nitrogens with one attached hydrogen (secondary N) is 4. The Morgan fingerprint density at radius 2 is 0.741 bits per heavy atom. The number of ether oxygens (including phenoxy) is 20. The van der Waals surface area contributed by atoms with Gasteiger partial charge in [-0.25, -0.2) is 0 Å². The van der Waals surface area contributed by atoms with Gasteiger partial charge in [0.15, 0.2) is 25.2 Å². The van der Waals surface area contributed by atoms with Crippen molar-refractivity contribution in [2.24, 2.45) is 41.4 Å². The summed E-state index contributed by atoms with van der Waals surface area (Å²) in [7, 11) is 6.52. The lowest BCUT2D eigenvalue weighted by atomic mass is 9.74. The van der Waals surface area contributed by atoms with Crippen molar-refractivity contribution in [3.63, 3.8) is 0 Å². The molecular formula is C96H170N6O37. The number of likely N-dealkylation sites (N-methyl/N-ethyl adjacent to an activating group) is 2. The highest BCUT2D eigenvalue weighted by molar-refractivity contribution is 5.82. The van der Waals surface area contributed by atoms with E-state index in [0.717, 1.165) is 64.2 Å². The van der Waals surface area contributed by atoms with E-state index in [-0.39, 0.29) is 131 Å². The van der Waals surface area contributed by atoms with Gasteiger partial charge in [0, 0.05) is 91.8 Å². The fourth-order valence-corrected chi connectivity index (χ4v) is 19.4. The van der Waals surface area contributed by atoms with E-state index in [2.05, 4.69) is 21.3 Å². The van der Waals surface area contributed by atoms with Crippen molar-refractivity contribution in [2.75, 3.05) is 193 Å². The van der Waals surface area contributed by atoms with Gasteiger partial charge in [0.05, 0.1) is 188 Å². The second-order valence-corrected chi connectivity index (χ2v) is 38.4. The second kappa shape index (κ2) is 65.1. The lowest BCUT2D eigenvalue weighted by Gasteiger charge is -2.49. The van der Waals surface area contributed by atoms with Crippen molar-refractivity contribution in [3.05, 3.63) is 0 Å². The number of amides is 6. The van der Waals surface area contributed by atoms with Gasteiger partial charge in [-0.05, 0) is 82.5 Å². The summed E-state index contributed by atoms with van der Waals surface area (Å²) in [5.41, 5.74) is 0. The van der Waals surface area contributed by atoms with Gasteiger partial charge in [-0.1, -0.05) is 97.8 Å². The average Bonchev–Trinajstić information content (AvgIpc) is 0.775. The van der Waals surface area contributed by atoms with Crippen molar-refractivity contribution in [2.45, 2.75) is 336 Å². The number of carbonyl (C=O) groups excluding carboxylic acids is 7. The van der Waals surface area contributed by atoms with Gasteiger partial charge in [-0.15, -0.1) is 0 Å². The Morgan fingerprint density at radius 1 is 0.381 bits per heavy atom. The molecule has 0 spiro atoms. The summed E-state index contributed by atoms with van der Waals surface area (Å²) in [5.74, 6) is -4.38. The van der Waals surface area contributed by atoms with Crippen LogP contribution in [0.3, 0.4) is 0 Å². The molecule has 4 saturated heterocycles. The molecule has 0 aromatic carbocycles. The van der Waals surface area contributed by atoms with Crippen LogP contribution in [0.1, 0.15) is 183 Å². The zero-order valence-electron chi connectivity index (χ0n) is 83.6. The van der Waals surface area contributed by atoms with Gasteiger partial charge in [-0.3, -0.25) is 33.6 Å². The van der Waals surface area contributed by atoms with Gasteiger partial charge in [0.25, 0.3) is 11.8 Å². The number of Topliss-reactive ketones (excluding diaryl/α,β-unsaturated/α-hetero) is 1. The van der Waals surface area contributed by atoms with E-state index in [1.165, 1.54) is 23.6 Å². The van der Waals surface area contributed by atoms with Crippen LogP contribution in [0.5, 0.6) is 0 Å². The van der Waals surface area contributed by atoms with Crippen molar-refractivity contribution < 1.29 is 179 Å². The highest BCUT2D eigenvalue weighted by Crippen LogP contribution is 2.44.